The van der Waals surface area contributed by atoms with Gasteiger partial charge in [0.05, 0.1) is 6.61 Å². The van der Waals surface area contributed by atoms with Crippen LogP contribution in [0.1, 0.15) is 6.92 Å². The third kappa shape index (κ3) is 9.53. The van der Waals surface area contributed by atoms with E-state index in [1.165, 1.54) is 5.57 Å². The lowest BCUT2D eigenvalue weighted by Crippen LogP contribution is -2.31. The normalized spacial score (nSPS) is 10.8. The van der Waals surface area contributed by atoms with Gasteiger partial charge in [-0.3, -0.25) is 0 Å². The van der Waals surface area contributed by atoms with Gasteiger partial charge >= 0.3 is 0 Å². The topological polar surface area (TPSA) is 24.5 Å². The van der Waals surface area contributed by atoms with Crippen LogP contribution in [0.3, 0.4) is 0 Å². The maximum atomic E-state index is 4.92. The molecule has 3 nitrogen and oxygen atoms in total. The molecule has 0 spiro atoms. The predicted octanol–water partition coefficient (Wildman–Crippen LogP) is 0.730. The predicted molar refractivity (Wildman–Crippen MR) is 57.1 cm³/mol. The average molecular weight is 186 g/mol. The lowest BCUT2D eigenvalue weighted by atomic mass is 10.3. The maximum Gasteiger partial charge on any atom is 0.0587 e. The first kappa shape index (κ1) is 12.6. The van der Waals surface area contributed by atoms with Gasteiger partial charge in [0, 0.05) is 33.3 Å². The van der Waals surface area contributed by atoms with Crippen LogP contribution in [0.2, 0.25) is 0 Å². The van der Waals surface area contributed by atoms with Gasteiger partial charge in [-0.1, -0.05) is 12.2 Å². The highest BCUT2D eigenvalue weighted by Gasteiger charge is 1.96. The lowest BCUT2D eigenvalue weighted by Gasteiger charge is -2.16. The van der Waals surface area contributed by atoms with Crippen LogP contribution in [-0.2, 0) is 4.74 Å². The quantitative estimate of drug-likeness (QED) is 0.447. The molecule has 0 saturated heterocycles. The van der Waals surface area contributed by atoms with E-state index >= 15 is 0 Å². The van der Waals surface area contributed by atoms with Crippen LogP contribution in [0.25, 0.3) is 0 Å². The first-order valence-electron chi connectivity index (χ1n) is 4.69. The van der Waals surface area contributed by atoms with Crippen molar-refractivity contribution >= 4 is 0 Å². The average Bonchev–Trinajstić information content (AvgIpc) is 2.02. The van der Waals surface area contributed by atoms with Crippen LogP contribution in [0.5, 0.6) is 0 Å². The molecule has 0 rings (SSSR count). The number of ether oxygens (including phenoxy) is 1. The molecule has 0 aromatic heterocycles. The van der Waals surface area contributed by atoms with E-state index < -0.39 is 0 Å². The molecule has 78 valence electrons. The highest BCUT2D eigenvalue weighted by Crippen LogP contribution is 1.90. The summed E-state index contributed by atoms with van der Waals surface area (Å²) in [6.07, 6.45) is 0. The fourth-order valence-electron chi connectivity index (χ4n) is 1.11. The monoisotopic (exact) mass is 186 g/mol. The van der Waals surface area contributed by atoms with E-state index in [0.29, 0.717) is 0 Å². The molecular formula is C10H22N2O. The van der Waals surface area contributed by atoms with Crippen molar-refractivity contribution in [1.82, 2.24) is 10.2 Å². The van der Waals surface area contributed by atoms with E-state index in [1.807, 2.05) is 0 Å². The number of rotatable bonds is 8. The number of likely N-dealkylation sites (N-methyl/N-ethyl adjacent to an activating group) is 1. The minimum Gasteiger partial charge on any atom is -0.383 e. The molecule has 13 heavy (non-hydrogen) atoms. The summed E-state index contributed by atoms with van der Waals surface area (Å²) < 4.78 is 4.92. The van der Waals surface area contributed by atoms with E-state index in [2.05, 4.69) is 30.8 Å². The van der Waals surface area contributed by atoms with E-state index in [0.717, 1.165) is 32.8 Å². The Morgan fingerprint density at radius 1 is 1.46 bits per heavy atom. The largest absolute Gasteiger partial charge is 0.383 e. The standard InChI is InChI=1S/C10H22N2O/c1-10(2)9-12(3)7-5-11-6-8-13-4/h11H,1,5-9H2,2-4H3. The molecule has 0 atom stereocenters. The zero-order valence-corrected chi connectivity index (χ0v) is 9.10. The van der Waals surface area contributed by atoms with Gasteiger partial charge in [0.15, 0.2) is 0 Å². The van der Waals surface area contributed by atoms with Crippen LogP contribution in [0.4, 0.5) is 0 Å². The van der Waals surface area contributed by atoms with Gasteiger partial charge in [0.1, 0.15) is 0 Å². The van der Waals surface area contributed by atoms with Crippen molar-refractivity contribution in [2.45, 2.75) is 6.92 Å². The van der Waals surface area contributed by atoms with Gasteiger partial charge < -0.3 is 15.0 Å². The molecule has 0 radical (unpaired) electrons. The molecule has 0 amide bonds. The molecule has 0 aromatic carbocycles. The first-order valence-corrected chi connectivity index (χ1v) is 4.69. The summed E-state index contributed by atoms with van der Waals surface area (Å²) in [6, 6.07) is 0. The Morgan fingerprint density at radius 2 is 2.15 bits per heavy atom. The summed E-state index contributed by atoms with van der Waals surface area (Å²) in [5, 5.41) is 3.29. The SMILES string of the molecule is C=C(C)CN(C)CCNCCOC. The summed E-state index contributed by atoms with van der Waals surface area (Å²) in [5.41, 5.74) is 1.21. The van der Waals surface area contributed by atoms with Crippen LogP contribution >= 0.6 is 0 Å². The smallest absolute Gasteiger partial charge is 0.0587 e. The van der Waals surface area contributed by atoms with Gasteiger partial charge in [-0.05, 0) is 14.0 Å². The first-order chi connectivity index (χ1) is 6.16. The van der Waals surface area contributed by atoms with Crippen molar-refractivity contribution < 1.29 is 4.74 Å². The van der Waals surface area contributed by atoms with Crippen molar-refractivity contribution in [3.8, 4) is 0 Å². The third-order valence-electron chi connectivity index (χ3n) is 1.69. The second-order valence-electron chi connectivity index (χ2n) is 3.44. The van der Waals surface area contributed by atoms with Crippen LogP contribution in [-0.4, -0.2) is 51.8 Å². The van der Waals surface area contributed by atoms with Gasteiger partial charge in [0.2, 0.25) is 0 Å². The Morgan fingerprint density at radius 3 is 2.69 bits per heavy atom. The molecule has 0 aliphatic carbocycles. The van der Waals surface area contributed by atoms with E-state index in [1.54, 1.807) is 7.11 Å². The molecule has 0 fully saturated rings. The van der Waals surface area contributed by atoms with Crippen molar-refractivity contribution in [2.24, 2.45) is 0 Å². The molecule has 0 aliphatic heterocycles. The van der Waals surface area contributed by atoms with Gasteiger partial charge in [-0.25, -0.2) is 0 Å². The molecule has 0 saturated carbocycles. The number of nitrogens with one attached hydrogen (secondary N) is 1. The van der Waals surface area contributed by atoms with E-state index in [4.69, 9.17) is 4.74 Å². The zero-order chi connectivity index (χ0) is 10.1. The minimum atomic E-state index is 0.782. The summed E-state index contributed by atoms with van der Waals surface area (Å²) in [5.74, 6) is 0. The Bertz CT molecular complexity index is 137. The zero-order valence-electron chi connectivity index (χ0n) is 9.10. The maximum absolute atomic E-state index is 4.92. The van der Waals surface area contributed by atoms with Crippen LogP contribution < -0.4 is 5.32 Å². The van der Waals surface area contributed by atoms with Crippen molar-refractivity contribution in [2.75, 3.05) is 46.9 Å². The van der Waals surface area contributed by atoms with E-state index in [-0.39, 0.29) is 0 Å². The fraction of sp³-hybridized carbons (Fsp3) is 0.800. The van der Waals surface area contributed by atoms with Crippen LogP contribution in [0, 0.1) is 0 Å². The highest BCUT2D eigenvalue weighted by molar-refractivity contribution is 4.90. The molecule has 3 heteroatoms. The molecule has 0 heterocycles. The summed E-state index contributed by atoms with van der Waals surface area (Å²) in [6.45, 7) is 10.7. The summed E-state index contributed by atoms with van der Waals surface area (Å²) in [4.78, 5) is 2.25. The van der Waals surface area contributed by atoms with Crippen molar-refractivity contribution in [1.29, 1.82) is 0 Å². The number of hydrogen-bond acceptors (Lipinski definition) is 3. The highest BCUT2D eigenvalue weighted by atomic mass is 16.5. The van der Waals surface area contributed by atoms with Gasteiger partial charge in [-0.2, -0.15) is 0 Å². The molecule has 0 unspecified atom stereocenters. The molecule has 0 aliphatic rings. The Labute approximate surface area is 81.8 Å². The molecule has 0 bridgehead atoms. The van der Waals surface area contributed by atoms with Crippen molar-refractivity contribution in [3.63, 3.8) is 0 Å². The second kappa shape index (κ2) is 8.23. The van der Waals surface area contributed by atoms with Crippen LogP contribution in [0.15, 0.2) is 12.2 Å². The number of hydrogen-bond donors (Lipinski definition) is 1. The van der Waals surface area contributed by atoms with Gasteiger partial charge in [-0.15, -0.1) is 0 Å². The molecule has 1 N–H and O–H groups in total. The third-order valence-corrected chi connectivity index (χ3v) is 1.69. The number of nitrogens with zero attached hydrogens (tertiary/aromatic N) is 1. The Balaban J connectivity index is 3.17. The summed E-state index contributed by atoms with van der Waals surface area (Å²) in [7, 11) is 3.82. The minimum absolute atomic E-state index is 0.782. The second-order valence-corrected chi connectivity index (χ2v) is 3.44. The Hall–Kier alpha value is -0.380. The molecular weight excluding hydrogens is 164 g/mol. The summed E-state index contributed by atoms with van der Waals surface area (Å²) >= 11 is 0. The fourth-order valence-corrected chi connectivity index (χ4v) is 1.11. The molecule has 0 aromatic rings. The lowest BCUT2D eigenvalue weighted by molar-refractivity contribution is 0.198. The van der Waals surface area contributed by atoms with Crippen molar-refractivity contribution in [3.05, 3.63) is 12.2 Å². The van der Waals surface area contributed by atoms with E-state index in [9.17, 15) is 0 Å². The number of methoxy groups -OCH3 is 1. The Kier molecular flexibility index (Phi) is 7.99. The van der Waals surface area contributed by atoms with Gasteiger partial charge in [0.25, 0.3) is 0 Å².